The number of rotatable bonds is 3. The highest BCUT2D eigenvalue weighted by atomic mass is 32.1. The average molecular weight is 311 g/mol. The summed E-state index contributed by atoms with van der Waals surface area (Å²) in [5.74, 6) is -0.303. The summed E-state index contributed by atoms with van der Waals surface area (Å²) in [7, 11) is 1.42. The van der Waals surface area contributed by atoms with E-state index in [4.69, 9.17) is 4.74 Å². The molecule has 0 amide bonds. The summed E-state index contributed by atoms with van der Waals surface area (Å²) in [5, 5.41) is 2.93. The van der Waals surface area contributed by atoms with Gasteiger partial charge < -0.3 is 9.30 Å². The Balaban J connectivity index is 2.25. The molecule has 0 saturated carbocycles. The van der Waals surface area contributed by atoms with E-state index >= 15 is 0 Å². The zero-order valence-electron chi connectivity index (χ0n) is 12.8. The zero-order valence-corrected chi connectivity index (χ0v) is 13.6. The largest absolute Gasteiger partial charge is 0.465 e. The highest BCUT2D eigenvalue weighted by Crippen LogP contribution is 2.36. The molecule has 0 saturated heterocycles. The van der Waals surface area contributed by atoms with Crippen LogP contribution in [0.5, 0.6) is 0 Å². The molecule has 0 N–H and O–H groups in total. The number of aromatic nitrogens is 1. The van der Waals surface area contributed by atoms with Gasteiger partial charge in [-0.2, -0.15) is 0 Å². The summed E-state index contributed by atoms with van der Waals surface area (Å²) in [4.78, 5) is 12.4. The highest BCUT2D eigenvalue weighted by Gasteiger charge is 2.23. The molecule has 0 unspecified atom stereocenters. The summed E-state index contributed by atoms with van der Waals surface area (Å²) < 4.78 is 7.13. The lowest BCUT2D eigenvalue weighted by Crippen LogP contribution is -2.08. The second-order valence-electron chi connectivity index (χ2n) is 5.14. The van der Waals surface area contributed by atoms with E-state index in [1.54, 1.807) is 11.3 Å². The Morgan fingerprint density at radius 2 is 1.68 bits per heavy atom. The third-order valence-electron chi connectivity index (χ3n) is 3.72. The maximum Gasteiger partial charge on any atom is 0.341 e. The Hall–Kier alpha value is -2.33. The normalized spacial score (nSPS) is 10.7. The molecule has 0 aliphatic carbocycles. The fraction of sp³-hybridized carbons (Fsp3) is 0.167. The predicted molar refractivity (Wildman–Crippen MR) is 89.9 cm³/mol. The molecular formula is C18H17NO2S. The van der Waals surface area contributed by atoms with Crippen LogP contribution in [0.1, 0.15) is 21.7 Å². The minimum Gasteiger partial charge on any atom is -0.465 e. The summed E-state index contributed by atoms with van der Waals surface area (Å²) in [6.45, 7) is 4.08. The molecule has 1 aromatic carbocycles. The molecule has 112 valence electrons. The molecule has 4 heteroatoms. The van der Waals surface area contributed by atoms with Crippen molar-refractivity contribution in [2.45, 2.75) is 13.8 Å². The first-order chi connectivity index (χ1) is 10.6. The van der Waals surface area contributed by atoms with Gasteiger partial charge in [0.2, 0.25) is 0 Å². The number of nitrogens with zero attached hydrogens (tertiary/aromatic N) is 1. The second-order valence-corrected chi connectivity index (χ2v) is 6.00. The topological polar surface area (TPSA) is 31.2 Å². The number of ether oxygens (including phenoxy) is 1. The van der Waals surface area contributed by atoms with Gasteiger partial charge in [-0.3, -0.25) is 0 Å². The molecule has 0 aliphatic rings. The van der Waals surface area contributed by atoms with Crippen LogP contribution in [0.3, 0.4) is 0 Å². The number of hydrogen-bond acceptors (Lipinski definition) is 3. The van der Waals surface area contributed by atoms with Gasteiger partial charge in [0.15, 0.2) is 0 Å². The fourth-order valence-corrected chi connectivity index (χ4v) is 3.82. The number of methoxy groups -OCH3 is 1. The number of esters is 1. The second kappa shape index (κ2) is 5.81. The zero-order chi connectivity index (χ0) is 15.7. The molecule has 3 nitrogen and oxygen atoms in total. The van der Waals surface area contributed by atoms with Crippen molar-refractivity contribution in [1.82, 2.24) is 4.57 Å². The van der Waals surface area contributed by atoms with Gasteiger partial charge in [-0.1, -0.05) is 30.3 Å². The molecule has 2 aromatic heterocycles. The van der Waals surface area contributed by atoms with E-state index in [0.717, 1.165) is 27.5 Å². The summed E-state index contributed by atoms with van der Waals surface area (Å²) in [6.07, 6.45) is 0. The SMILES string of the molecule is COC(=O)c1c(-c2ccccc2)csc1-n1c(C)ccc1C. The van der Waals surface area contributed by atoms with Crippen LogP contribution in [-0.4, -0.2) is 17.6 Å². The molecule has 3 rings (SSSR count). The van der Waals surface area contributed by atoms with E-state index in [1.807, 2.05) is 49.6 Å². The Bertz CT molecular complexity index is 795. The minimum absolute atomic E-state index is 0.303. The van der Waals surface area contributed by atoms with Crippen LogP contribution < -0.4 is 0 Å². The number of aryl methyl sites for hydroxylation is 2. The number of benzene rings is 1. The van der Waals surface area contributed by atoms with Gasteiger partial charge in [-0.05, 0) is 31.5 Å². The van der Waals surface area contributed by atoms with Crippen LogP contribution in [0.25, 0.3) is 16.1 Å². The molecule has 3 aromatic rings. The summed E-state index contributed by atoms with van der Waals surface area (Å²) >= 11 is 1.56. The van der Waals surface area contributed by atoms with Crippen molar-refractivity contribution in [3.8, 4) is 16.1 Å². The number of thiophene rings is 1. The smallest absolute Gasteiger partial charge is 0.341 e. The number of carbonyl (C=O) groups is 1. The van der Waals surface area contributed by atoms with E-state index in [1.165, 1.54) is 7.11 Å². The van der Waals surface area contributed by atoms with Crippen molar-refractivity contribution in [2.75, 3.05) is 7.11 Å². The van der Waals surface area contributed by atoms with Crippen LogP contribution in [0.4, 0.5) is 0 Å². The van der Waals surface area contributed by atoms with E-state index in [9.17, 15) is 4.79 Å². The first-order valence-corrected chi connectivity index (χ1v) is 7.92. The summed E-state index contributed by atoms with van der Waals surface area (Å²) in [5.41, 5.74) is 4.77. The van der Waals surface area contributed by atoms with Gasteiger partial charge in [0.05, 0.1) is 7.11 Å². The van der Waals surface area contributed by atoms with Crippen LogP contribution in [-0.2, 0) is 4.74 Å². The van der Waals surface area contributed by atoms with Gasteiger partial charge in [-0.25, -0.2) is 4.79 Å². The third-order valence-corrected chi connectivity index (χ3v) is 4.68. The maximum atomic E-state index is 12.4. The molecule has 0 spiro atoms. The molecule has 0 radical (unpaired) electrons. The van der Waals surface area contributed by atoms with Crippen molar-refractivity contribution in [1.29, 1.82) is 0 Å². The standard InChI is InChI=1S/C18H17NO2S/c1-12-9-10-13(2)19(12)17-16(18(20)21-3)15(11-22-17)14-7-5-4-6-8-14/h4-11H,1-3H3. The fourth-order valence-electron chi connectivity index (χ4n) is 2.63. The summed E-state index contributed by atoms with van der Waals surface area (Å²) in [6, 6.07) is 14.0. The Morgan fingerprint density at radius 1 is 1.05 bits per heavy atom. The third kappa shape index (κ3) is 2.35. The van der Waals surface area contributed by atoms with E-state index in [0.29, 0.717) is 5.56 Å². The minimum atomic E-state index is -0.303. The van der Waals surface area contributed by atoms with Crippen LogP contribution in [0.2, 0.25) is 0 Å². The van der Waals surface area contributed by atoms with Crippen LogP contribution in [0, 0.1) is 13.8 Å². The lowest BCUT2D eigenvalue weighted by molar-refractivity contribution is 0.0602. The van der Waals surface area contributed by atoms with Crippen molar-refractivity contribution >= 4 is 17.3 Å². The van der Waals surface area contributed by atoms with E-state index in [-0.39, 0.29) is 5.97 Å². The van der Waals surface area contributed by atoms with E-state index < -0.39 is 0 Å². The molecule has 0 aliphatic heterocycles. The Kier molecular flexibility index (Phi) is 3.86. The molecule has 0 atom stereocenters. The maximum absolute atomic E-state index is 12.4. The Morgan fingerprint density at radius 3 is 2.27 bits per heavy atom. The lowest BCUT2D eigenvalue weighted by Gasteiger charge is -2.10. The Labute approximate surface area is 133 Å². The van der Waals surface area contributed by atoms with Gasteiger partial charge in [-0.15, -0.1) is 11.3 Å². The highest BCUT2D eigenvalue weighted by molar-refractivity contribution is 7.13. The van der Waals surface area contributed by atoms with Gasteiger partial charge in [0, 0.05) is 22.3 Å². The van der Waals surface area contributed by atoms with Crippen LogP contribution >= 0.6 is 11.3 Å². The first-order valence-electron chi connectivity index (χ1n) is 7.04. The molecule has 0 fully saturated rings. The monoisotopic (exact) mass is 311 g/mol. The molecule has 0 bridgehead atoms. The van der Waals surface area contributed by atoms with Gasteiger partial charge >= 0.3 is 5.97 Å². The van der Waals surface area contributed by atoms with Gasteiger partial charge in [0.25, 0.3) is 0 Å². The first kappa shape index (κ1) is 14.6. The quantitative estimate of drug-likeness (QED) is 0.661. The van der Waals surface area contributed by atoms with Crippen molar-refractivity contribution < 1.29 is 9.53 Å². The van der Waals surface area contributed by atoms with Crippen LogP contribution in [0.15, 0.2) is 47.8 Å². The van der Waals surface area contributed by atoms with Crippen molar-refractivity contribution in [2.24, 2.45) is 0 Å². The average Bonchev–Trinajstić information content (AvgIpc) is 3.11. The van der Waals surface area contributed by atoms with Gasteiger partial charge in [0.1, 0.15) is 10.6 Å². The number of carbonyl (C=O) groups excluding carboxylic acids is 1. The van der Waals surface area contributed by atoms with E-state index in [2.05, 4.69) is 16.7 Å². The molecular weight excluding hydrogens is 294 g/mol. The van der Waals surface area contributed by atoms with Crippen molar-refractivity contribution in [3.05, 3.63) is 64.8 Å². The molecule has 22 heavy (non-hydrogen) atoms. The molecule has 2 heterocycles. The predicted octanol–water partition coefficient (Wildman–Crippen LogP) is 4.61. The number of hydrogen-bond donors (Lipinski definition) is 0. The lowest BCUT2D eigenvalue weighted by atomic mass is 10.0. The van der Waals surface area contributed by atoms with Crippen molar-refractivity contribution in [3.63, 3.8) is 0 Å².